The van der Waals surface area contributed by atoms with Crippen LogP contribution < -0.4 is 11.1 Å². The molecule has 1 aromatic rings. The van der Waals surface area contributed by atoms with Gasteiger partial charge < -0.3 is 20.7 Å². The van der Waals surface area contributed by atoms with Gasteiger partial charge in [-0.1, -0.05) is 11.3 Å². The van der Waals surface area contributed by atoms with Crippen LogP contribution in [0.15, 0.2) is 0 Å². The zero-order valence-corrected chi connectivity index (χ0v) is 14.1. The van der Waals surface area contributed by atoms with Crippen LogP contribution in [0.2, 0.25) is 0 Å². The maximum absolute atomic E-state index is 12.7. The number of nitrogens with zero attached hydrogens (tertiary/aromatic N) is 2. The topological polar surface area (TPSA) is 80.5 Å². The lowest BCUT2D eigenvalue weighted by molar-refractivity contribution is -0.171. The monoisotopic (exact) mass is 312 g/mol. The number of carbonyl (C=O) groups excluding carboxylic acids is 1. The molecular weight excluding hydrogens is 288 g/mol. The van der Waals surface area contributed by atoms with Crippen molar-refractivity contribution in [2.45, 2.75) is 45.8 Å². The number of morpholine rings is 1. The molecule has 2 rings (SSSR count). The second-order valence-corrected chi connectivity index (χ2v) is 7.55. The third-order valence-electron chi connectivity index (χ3n) is 3.16. The first-order chi connectivity index (χ1) is 9.63. The molecule has 1 aliphatic heterocycles. The first-order valence-electron chi connectivity index (χ1n) is 7.13. The Morgan fingerprint density at radius 2 is 1.95 bits per heavy atom. The molecule has 1 amide bonds. The third kappa shape index (κ3) is 3.65. The van der Waals surface area contributed by atoms with Crippen molar-refractivity contribution in [1.82, 2.24) is 9.88 Å². The van der Waals surface area contributed by atoms with E-state index in [2.05, 4.69) is 10.3 Å². The minimum Gasteiger partial charge on any atom is -0.382 e. The molecule has 1 fully saturated rings. The molecule has 1 saturated heterocycles. The van der Waals surface area contributed by atoms with Gasteiger partial charge in [-0.05, 0) is 34.6 Å². The molecule has 3 N–H and O–H groups in total. The second kappa shape index (κ2) is 5.46. The molecule has 6 nitrogen and oxygen atoms in total. The smallest absolute Gasteiger partial charge is 0.268 e. The molecule has 0 unspecified atom stereocenters. The summed E-state index contributed by atoms with van der Waals surface area (Å²) in [5.74, 6) is 0.224. The molecule has 0 bridgehead atoms. The highest BCUT2D eigenvalue weighted by Crippen LogP contribution is 2.32. The van der Waals surface area contributed by atoms with Gasteiger partial charge in [0.15, 0.2) is 5.13 Å². The van der Waals surface area contributed by atoms with Gasteiger partial charge >= 0.3 is 0 Å². The van der Waals surface area contributed by atoms with E-state index in [-0.39, 0.29) is 17.1 Å². The number of nitrogens with one attached hydrogen (secondary N) is 1. The van der Waals surface area contributed by atoms with Crippen LogP contribution in [0.4, 0.5) is 10.9 Å². The summed E-state index contributed by atoms with van der Waals surface area (Å²) in [7, 11) is 0. The van der Waals surface area contributed by atoms with E-state index in [0.29, 0.717) is 28.9 Å². The maximum atomic E-state index is 12.7. The van der Waals surface area contributed by atoms with E-state index in [1.165, 1.54) is 11.3 Å². The van der Waals surface area contributed by atoms with Gasteiger partial charge in [0, 0.05) is 19.6 Å². The Balaban J connectivity index is 2.23. The van der Waals surface area contributed by atoms with Crippen molar-refractivity contribution in [3.63, 3.8) is 0 Å². The second-order valence-electron chi connectivity index (χ2n) is 6.55. The zero-order chi connectivity index (χ0) is 15.8. The third-order valence-corrected chi connectivity index (χ3v) is 4.18. The molecule has 0 spiro atoms. The normalized spacial score (nSPS) is 20.3. The van der Waals surface area contributed by atoms with E-state index in [0.717, 1.165) is 6.54 Å². The number of hydrogen-bond acceptors (Lipinski definition) is 6. The molecule has 1 aliphatic rings. The fourth-order valence-electron chi connectivity index (χ4n) is 2.79. The van der Waals surface area contributed by atoms with Gasteiger partial charge in [-0.25, -0.2) is 4.98 Å². The van der Waals surface area contributed by atoms with Crippen LogP contribution in [0.3, 0.4) is 0 Å². The van der Waals surface area contributed by atoms with Crippen molar-refractivity contribution in [3.8, 4) is 0 Å². The summed E-state index contributed by atoms with van der Waals surface area (Å²) >= 11 is 1.31. The van der Waals surface area contributed by atoms with E-state index in [9.17, 15) is 4.79 Å². The van der Waals surface area contributed by atoms with E-state index >= 15 is 0 Å². The molecular formula is C14H24N4O2S. The van der Waals surface area contributed by atoms with Gasteiger partial charge in [0.1, 0.15) is 10.7 Å². The largest absolute Gasteiger partial charge is 0.382 e. The molecule has 1 aromatic heterocycles. The lowest BCUT2D eigenvalue weighted by atomic mass is 9.99. The van der Waals surface area contributed by atoms with Crippen molar-refractivity contribution in [3.05, 3.63) is 4.88 Å². The number of aromatic nitrogens is 1. The Labute approximate surface area is 129 Å². The summed E-state index contributed by atoms with van der Waals surface area (Å²) in [5.41, 5.74) is 5.15. The number of anilines is 2. The van der Waals surface area contributed by atoms with Crippen molar-refractivity contribution >= 4 is 28.2 Å². The molecule has 2 heterocycles. The Kier molecular flexibility index (Phi) is 4.17. The van der Waals surface area contributed by atoms with Crippen LogP contribution in [-0.4, -0.2) is 46.6 Å². The van der Waals surface area contributed by atoms with Crippen LogP contribution in [0.25, 0.3) is 0 Å². The summed E-state index contributed by atoms with van der Waals surface area (Å²) in [6.45, 7) is 11.8. The number of carbonyl (C=O) groups is 1. The van der Waals surface area contributed by atoms with Gasteiger partial charge in [-0.15, -0.1) is 0 Å². The molecule has 0 radical (unpaired) electrons. The van der Waals surface area contributed by atoms with Crippen LogP contribution in [0, 0.1) is 0 Å². The van der Waals surface area contributed by atoms with Crippen LogP contribution >= 0.6 is 11.3 Å². The van der Waals surface area contributed by atoms with Crippen LogP contribution in [0.5, 0.6) is 0 Å². The Morgan fingerprint density at radius 1 is 1.38 bits per heavy atom. The fraction of sp³-hybridized carbons (Fsp3) is 0.714. The zero-order valence-electron chi connectivity index (χ0n) is 13.3. The number of nitrogen functional groups attached to an aromatic ring is 1. The molecule has 118 valence electrons. The number of thiazole rings is 1. The minimum absolute atomic E-state index is 0.0707. The first-order valence-corrected chi connectivity index (χ1v) is 7.95. The minimum atomic E-state index is -0.374. The average molecular weight is 312 g/mol. The predicted octanol–water partition coefficient (Wildman–Crippen LogP) is 2.19. The summed E-state index contributed by atoms with van der Waals surface area (Å²) in [6.07, 6.45) is 0. The number of hydrogen-bond donors (Lipinski definition) is 2. The highest BCUT2D eigenvalue weighted by atomic mass is 32.1. The first kappa shape index (κ1) is 16.0. The highest BCUT2D eigenvalue weighted by Gasteiger charge is 2.40. The number of nitrogens with two attached hydrogens (primary N) is 1. The number of rotatable bonds is 3. The summed E-state index contributed by atoms with van der Waals surface area (Å²) < 4.78 is 6.00. The van der Waals surface area contributed by atoms with Gasteiger partial charge in [0.2, 0.25) is 0 Å². The van der Waals surface area contributed by atoms with Crippen molar-refractivity contribution in [2.75, 3.05) is 30.7 Å². The van der Waals surface area contributed by atoms with E-state index in [1.807, 2.05) is 39.5 Å². The number of amides is 1. The molecule has 21 heavy (non-hydrogen) atoms. The molecule has 0 aliphatic carbocycles. The lowest BCUT2D eigenvalue weighted by Gasteiger charge is -2.47. The summed E-state index contributed by atoms with van der Waals surface area (Å²) in [6, 6.07) is 0. The van der Waals surface area contributed by atoms with Crippen molar-refractivity contribution in [2.24, 2.45) is 0 Å². The Bertz CT molecular complexity index is 523. The number of ether oxygens (including phenoxy) is 1. The highest BCUT2D eigenvalue weighted by molar-refractivity contribution is 7.18. The van der Waals surface area contributed by atoms with Crippen molar-refractivity contribution in [1.29, 1.82) is 0 Å². The van der Waals surface area contributed by atoms with Crippen LogP contribution in [0.1, 0.15) is 44.3 Å². The molecule has 0 atom stereocenters. The SMILES string of the molecule is CCNc1nc(N)c(C(=O)N2CC(C)(C)OC(C)(C)C2)s1. The Morgan fingerprint density at radius 3 is 2.48 bits per heavy atom. The fourth-order valence-corrected chi connectivity index (χ4v) is 3.71. The summed E-state index contributed by atoms with van der Waals surface area (Å²) in [5, 5.41) is 3.78. The summed E-state index contributed by atoms with van der Waals surface area (Å²) in [4.78, 5) is 19.3. The van der Waals surface area contributed by atoms with E-state index in [4.69, 9.17) is 10.5 Å². The standard InChI is InChI=1S/C14H24N4O2S/c1-6-16-12-17-10(15)9(21-12)11(19)18-7-13(2,3)20-14(4,5)8-18/h6-8,15H2,1-5H3,(H,16,17). The maximum Gasteiger partial charge on any atom is 0.268 e. The average Bonchev–Trinajstić information content (AvgIpc) is 2.66. The van der Waals surface area contributed by atoms with Crippen LogP contribution in [-0.2, 0) is 4.74 Å². The molecule has 0 saturated carbocycles. The molecule has 0 aromatic carbocycles. The quantitative estimate of drug-likeness (QED) is 0.894. The van der Waals surface area contributed by atoms with Gasteiger partial charge in [0.05, 0.1) is 11.2 Å². The molecule has 7 heteroatoms. The lowest BCUT2D eigenvalue weighted by Crippen LogP contribution is -2.58. The van der Waals surface area contributed by atoms with Gasteiger partial charge in [-0.2, -0.15) is 0 Å². The predicted molar refractivity (Wildman–Crippen MR) is 85.8 cm³/mol. The van der Waals surface area contributed by atoms with Gasteiger partial charge in [0.25, 0.3) is 5.91 Å². The van der Waals surface area contributed by atoms with E-state index < -0.39 is 0 Å². The Hall–Kier alpha value is -1.34. The van der Waals surface area contributed by atoms with Crippen molar-refractivity contribution < 1.29 is 9.53 Å². The van der Waals surface area contributed by atoms with E-state index in [1.54, 1.807) is 0 Å². The van der Waals surface area contributed by atoms with Gasteiger partial charge in [-0.3, -0.25) is 4.79 Å².